The molecule has 0 amide bonds. The summed E-state index contributed by atoms with van der Waals surface area (Å²) in [7, 11) is 1.71. The van der Waals surface area contributed by atoms with Crippen LogP contribution < -0.4 is 10.1 Å². The predicted molar refractivity (Wildman–Crippen MR) is 79.2 cm³/mol. The highest BCUT2D eigenvalue weighted by Crippen LogP contribution is 2.25. The van der Waals surface area contributed by atoms with Crippen LogP contribution in [0.2, 0.25) is 0 Å². The van der Waals surface area contributed by atoms with Gasteiger partial charge in [-0.25, -0.2) is 0 Å². The number of hydrogen-bond donors (Lipinski definition) is 1. The van der Waals surface area contributed by atoms with Crippen molar-refractivity contribution in [1.29, 1.82) is 0 Å². The summed E-state index contributed by atoms with van der Waals surface area (Å²) in [6.07, 6.45) is 2.32. The van der Waals surface area contributed by atoms with Crippen molar-refractivity contribution in [2.45, 2.75) is 31.9 Å². The first-order valence-corrected chi connectivity index (χ1v) is 7.40. The van der Waals surface area contributed by atoms with Crippen LogP contribution in [0, 0.1) is 0 Å². The van der Waals surface area contributed by atoms with Crippen molar-refractivity contribution in [2.75, 3.05) is 33.5 Å². The van der Waals surface area contributed by atoms with Crippen LogP contribution in [0.1, 0.15) is 31.4 Å². The van der Waals surface area contributed by atoms with Gasteiger partial charge in [0.2, 0.25) is 0 Å². The number of nitrogens with one attached hydrogen (secondary N) is 1. The molecule has 2 rings (SSSR count). The van der Waals surface area contributed by atoms with Crippen LogP contribution >= 0.6 is 0 Å². The Balaban J connectivity index is 2.01. The molecule has 20 heavy (non-hydrogen) atoms. The Morgan fingerprint density at radius 2 is 2.25 bits per heavy atom. The third-order valence-corrected chi connectivity index (χ3v) is 3.54. The van der Waals surface area contributed by atoms with E-state index in [-0.39, 0.29) is 12.1 Å². The maximum Gasteiger partial charge on any atom is 0.123 e. The van der Waals surface area contributed by atoms with E-state index in [4.69, 9.17) is 14.2 Å². The summed E-state index contributed by atoms with van der Waals surface area (Å²) in [5.74, 6) is 0.910. The molecule has 1 aliphatic rings. The number of hydrogen-bond acceptors (Lipinski definition) is 4. The van der Waals surface area contributed by atoms with Crippen molar-refractivity contribution in [3.63, 3.8) is 0 Å². The van der Waals surface area contributed by atoms with Crippen molar-refractivity contribution in [2.24, 2.45) is 0 Å². The Labute approximate surface area is 121 Å². The van der Waals surface area contributed by atoms with Gasteiger partial charge < -0.3 is 19.5 Å². The van der Waals surface area contributed by atoms with Crippen molar-refractivity contribution in [3.8, 4) is 5.75 Å². The summed E-state index contributed by atoms with van der Waals surface area (Å²) in [6.45, 7) is 5.30. The van der Waals surface area contributed by atoms with Gasteiger partial charge in [-0.15, -0.1) is 0 Å². The van der Waals surface area contributed by atoms with E-state index < -0.39 is 0 Å². The first-order chi connectivity index (χ1) is 9.85. The van der Waals surface area contributed by atoms with Crippen LogP contribution in [0.5, 0.6) is 5.75 Å². The molecule has 0 spiro atoms. The Kier molecular flexibility index (Phi) is 6.30. The maximum atomic E-state index is 5.97. The van der Waals surface area contributed by atoms with E-state index in [0.29, 0.717) is 13.2 Å². The van der Waals surface area contributed by atoms with Gasteiger partial charge in [-0.3, -0.25) is 0 Å². The topological polar surface area (TPSA) is 39.7 Å². The van der Waals surface area contributed by atoms with Crippen molar-refractivity contribution < 1.29 is 14.2 Å². The summed E-state index contributed by atoms with van der Waals surface area (Å²) in [4.78, 5) is 0. The molecule has 2 unspecified atom stereocenters. The Bertz CT molecular complexity index is 391. The lowest BCUT2D eigenvalue weighted by molar-refractivity contribution is 0.0294. The zero-order valence-corrected chi connectivity index (χ0v) is 12.4. The van der Waals surface area contributed by atoms with Gasteiger partial charge in [0.25, 0.3) is 0 Å². The third kappa shape index (κ3) is 4.20. The molecule has 4 nitrogen and oxygen atoms in total. The largest absolute Gasteiger partial charge is 0.496 e. The molecular weight excluding hydrogens is 254 g/mol. The summed E-state index contributed by atoms with van der Waals surface area (Å²) >= 11 is 0. The summed E-state index contributed by atoms with van der Waals surface area (Å²) < 4.78 is 16.8. The van der Waals surface area contributed by atoms with Crippen LogP contribution in [0.3, 0.4) is 0 Å². The first kappa shape index (κ1) is 15.3. The number of benzene rings is 1. The van der Waals surface area contributed by atoms with Gasteiger partial charge in [0, 0.05) is 12.2 Å². The molecule has 1 heterocycles. The predicted octanol–water partition coefficient (Wildman–Crippen LogP) is 2.54. The van der Waals surface area contributed by atoms with Crippen molar-refractivity contribution in [1.82, 2.24) is 5.32 Å². The van der Waals surface area contributed by atoms with E-state index in [1.165, 1.54) is 0 Å². The number of ether oxygens (including phenoxy) is 3. The third-order valence-electron chi connectivity index (χ3n) is 3.54. The Morgan fingerprint density at radius 1 is 1.40 bits per heavy atom. The zero-order chi connectivity index (χ0) is 14.2. The van der Waals surface area contributed by atoms with E-state index in [0.717, 1.165) is 37.3 Å². The van der Waals surface area contributed by atoms with Crippen LogP contribution in [0.15, 0.2) is 24.3 Å². The second kappa shape index (κ2) is 8.25. The maximum absolute atomic E-state index is 5.97. The van der Waals surface area contributed by atoms with E-state index in [1.54, 1.807) is 7.11 Å². The highest BCUT2D eigenvalue weighted by atomic mass is 16.5. The molecule has 4 heteroatoms. The van der Waals surface area contributed by atoms with Gasteiger partial charge >= 0.3 is 0 Å². The van der Waals surface area contributed by atoms with E-state index in [9.17, 15) is 0 Å². The van der Waals surface area contributed by atoms with Crippen LogP contribution in [-0.2, 0) is 9.47 Å². The van der Waals surface area contributed by atoms with E-state index in [1.807, 2.05) is 18.2 Å². The molecule has 1 fully saturated rings. The number of para-hydroxylation sites is 1. The second-order valence-corrected chi connectivity index (χ2v) is 5.07. The quantitative estimate of drug-likeness (QED) is 0.794. The van der Waals surface area contributed by atoms with Gasteiger partial charge in [-0.2, -0.15) is 0 Å². The monoisotopic (exact) mass is 279 g/mol. The normalized spacial score (nSPS) is 20.0. The molecule has 112 valence electrons. The minimum atomic E-state index is 0.159. The van der Waals surface area contributed by atoms with E-state index >= 15 is 0 Å². The van der Waals surface area contributed by atoms with Crippen LogP contribution in [0.4, 0.5) is 0 Å². The summed E-state index contributed by atoms with van der Waals surface area (Å²) in [6, 6.07) is 8.28. The average molecular weight is 279 g/mol. The molecule has 0 aromatic heterocycles. The van der Waals surface area contributed by atoms with Gasteiger partial charge in [0.1, 0.15) is 5.75 Å². The fraction of sp³-hybridized carbons (Fsp3) is 0.625. The molecular formula is C16H25NO3. The molecule has 0 bridgehead atoms. The highest BCUT2D eigenvalue weighted by Gasteiger charge is 2.20. The standard InChI is InChI=1S/C16H25NO3/c1-3-9-17-15(12-20-13-8-10-19-11-13)14-6-4-5-7-16(14)18-2/h4-7,13,15,17H,3,8-12H2,1-2H3. The molecule has 0 radical (unpaired) electrons. The molecule has 0 aliphatic carbocycles. The van der Waals surface area contributed by atoms with Gasteiger partial charge in [0.15, 0.2) is 0 Å². The summed E-state index contributed by atoms with van der Waals surface area (Å²) in [5.41, 5.74) is 1.15. The lowest BCUT2D eigenvalue weighted by Gasteiger charge is -2.22. The molecule has 0 saturated carbocycles. The Hall–Kier alpha value is -1.10. The number of rotatable bonds is 8. The molecule has 1 aromatic carbocycles. The van der Waals surface area contributed by atoms with Crippen LogP contribution in [0.25, 0.3) is 0 Å². The zero-order valence-electron chi connectivity index (χ0n) is 12.4. The van der Waals surface area contributed by atoms with Gasteiger partial charge in [0.05, 0.1) is 32.5 Å². The fourth-order valence-electron chi connectivity index (χ4n) is 2.41. The van der Waals surface area contributed by atoms with Gasteiger partial charge in [-0.05, 0) is 25.5 Å². The lowest BCUT2D eigenvalue weighted by Crippen LogP contribution is -2.29. The Morgan fingerprint density at radius 3 is 2.95 bits per heavy atom. The second-order valence-electron chi connectivity index (χ2n) is 5.07. The molecule has 1 aromatic rings. The smallest absolute Gasteiger partial charge is 0.123 e. The SMILES string of the molecule is CCCNC(COC1CCOC1)c1ccccc1OC. The van der Waals surface area contributed by atoms with Crippen molar-refractivity contribution in [3.05, 3.63) is 29.8 Å². The molecule has 1 aliphatic heterocycles. The average Bonchev–Trinajstić information content (AvgIpc) is 3.01. The minimum Gasteiger partial charge on any atom is -0.496 e. The minimum absolute atomic E-state index is 0.159. The molecule has 1 N–H and O–H groups in total. The van der Waals surface area contributed by atoms with E-state index in [2.05, 4.69) is 18.3 Å². The fourth-order valence-corrected chi connectivity index (χ4v) is 2.41. The number of methoxy groups -OCH3 is 1. The lowest BCUT2D eigenvalue weighted by atomic mass is 10.1. The highest BCUT2D eigenvalue weighted by molar-refractivity contribution is 5.36. The van der Waals surface area contributed by atoms with Gasteiger partial charge in [-0.1, -0.05) is 25.1 Å². The van der Waals surface area contributed by atoms with Crippen LogP contribution in [-0.4, -0.2) is 39.6 Å². The molecule has 1 saturated heterocycles. The van der Waals surface area contributed by atoms with Crippen molar-refractivity contribution >= 4 is 0 Å². The molecule has 2 atom stereocenters. The first-order valence-electron chi connectivity index (χ1n) is 7.40. The summed E-state index contributed by atoms with van der Waals surface area (Å²) in [5, 5.41) is 3.54.